The van der Waals surface area contributed by atoms with Crippen LogP contribution in [0.2, 0.25) is 0 Å². The molecule has 0 saturated carbocycles. The van der Waals surface area contributed by atoms with E-state index in [1.165, 1.54) is 0 Å². The molecule has 0 bridgehead atoms. The highest BCUT2D eigenvalue weighted by Crippen LogP contribution is 2.18. The second-order valence-electron chi connectivity index (χ2n) is 4.62. The lowest BCUT2D eigenvalue weighted by Crippen LogP contribution is -2.43. The number of nitrogens with one attached hydrogen (secondary N) is 1. The van der Waals surface area contributed by atoms with Crippen molar-refractivity contribution in [2.24, 2.45) is 0 Å². The molecule has 0 aromatic heterocycles. The maximum absolute atomic E-state index is 10.4. The molecule has 0 fully saturated rings. The molecular weight excluding hydrogens is 204 g/mol. The number of nitrogens with zero attached hydrogens (tertiary/aromatic N) is 1. The molecule has 0 spiro atoms. The minimum Gasteiger partial charge on any atom is -0.761 e. The van der Waals surface area contributed by atoms with E-state index in [0.29, 0.717) is 12.3 Å². The fourth-order valence-electron chi connectivity index (χ4n) is 1.01. The minimum absolute atomic E-state index is 0.0184. The highest BCUT2D eigenvalue weighted by atomic mass is 16.5. The van der Waals surface area contributed by atoms with Crippen molar-refractivity contribution in [1.29, 1.82) is 0 Å². The van der Waals surface area contributed by atoms with E-state index >= 15 is 0 Å². The lowest BCUT2D eigenvalue weighted by molar-refractivity contribution is 0.114. The van der Waals surface area contributed by atoms with E-state index in [2.05, 4.69) is 18.7 Å². The third-order valence-corrected chi connectivity index (χ3v) is 2.77. The fraction of sp³-hybridized carbons (Fsp3) is 0.500. The van der Waals surface area contributed by atoms with Gasteiger partial charge in [0.05, 0.1) is 0 Å². The Morgan fingerprint density at radius 1 is 1.25 bits per heavy atom. The molecule has 1 rings (SSSR count). The molecule has 0 atom stereocenters. The summed E-state index contributed by atoms with van der Waals surface area (Å²) in [5, 5.41) is 10.4. The van der Waals surface area contributed by atoms with E-state index in [-0.39, 0.29) is 5.54 Å². The van der Waals surface area contributed by atoms with E-state index < -0.39 is 0 Å². The van der Waals surface area contributed by atoms with Crippen LogP contribution in [0.1, 0.15) is 13.8 Å². The quantitative estimate of drug-likeness (QED) is 0.778. The molecular formula is C12H19N2O2-. The van der Waals surface area contributed by atoms with Crippen LogP contribution in [0.25, 0.3) is 0 Å². The number of benzene rings is 1. The van der Waals surface area contributed by atoms with Gasteiger partial charge in [-0.05, 0) is 52.2 Å². The molecule has 0 unspecified atom stereocenters. The highest BCUT2D eigenvalue weighted by Gasteiger charge is 2.21. The Balaban J connectivity index is 2.54. The molecule has 16 heavy (non-hydrogen) atoms. The van der Waals surface area contributed by atoms with Gasteiger partial charge in [-0.3, -0.25) is 0 Å². The van der Waals surface area contributed by atoms with Gasteiger partial charge in [0, 0.05) is 11.2 Å². The van der Waals surface area contributed by atoms with Crippen LogP contribution in [0.4, 0.5) is 5.69 Å². The predicted molar refractivity (Wildman–Crippen MR) is 66.7 cm³/mol. The molecule has 0 radical (unpaired) electrons. The maximum atomic E-state index is 10.4. The minimum atomic E-state index is -0.0184. The predicted octanol–water partition coefficient (Wildman–Crippen LogP) is 2.32. The Hall–Kier alpha value is -1.26. The molecule has 4 nitrogen and oxygen atoms in total. The van der Waals surface area contributed by atoms with Gasteiger partial charge in [0.2, 0.25) is 0 Å². The van der Waals surface area contributed by atoms with Crippen molar-refractivity contribution in [2.45, 2.75) is 19.4 Å². The van der Waals surface area contributed by atoms with E-state index in [9.17, 15) is 5.21 Å². The van der Waals surface area contributed by atoms with Gasteiger partial charge in [0.15, 0.2) is 0 Å². The van der Waals surface area contributed by atoms with Crippen LogP contribution in [0.3, 0.4) is 0 Å². The average molecular weight is 223 g/mol. The molecule has 1 aromatic carbocycles. The molecule has 1 aromatic rings. The van der Waals surface area contributed by atoms with Crippen molar-refractivity contribution < 1.29 is 4.74 Å². The average Bonchev–Trinajstić information content (AvgIpc) is 2.27. The van der Waals surface area contributed by atoms with Crippen molar-refractivity contribution in [3.8, 4) is 5.75 Å². The normalized spacial score (nSPS) is 11.6. The lowest BCUT2D eigenvalue weighted by atomic mass is 10.1. The zero-order chi connectivity index (χ0) is 12.2. The first-order valence-electron chi connectivity index (χ1n) is 5.24. The third-order valence-electron chi connectivity index (χ3n) is 2.77. The third kappa shape index (κ3) is 3.40. The number of hydrogen-bond donors (Lipinski definition) is 1. The van der Waals surface area contributed by atoms with Crippen molar-refractivity contribution in [2.75, 3.05) is 26.2 Å². The standard InChI is InChI=1S/C12H19N2O2/c1-12(2,14(3)4)9-16-11-7-5-10(13-15)6-8-11/h5-8,13H,9H2,1-4H3/q-1. The van der Waals surface area contributed by atoms with Gasteiger partial charge in [-0.1, -0.05) is 0 Å². The smallest absolute Gasteiger partial charge is 0.119 e. The molecule has 1 N–H and O–H groups in total. The van der Waals surface area contributed by atoms with Gasteiger partial charge in [-0.2, -0.15) is 0 Å². The summed E-state index contributed by atoms with van der Waals surface area (Å²) in [5.41, 5.74) is 2.35. The van der Waals surface area contributed by atoms with Crippen LogP contribution in [-0.4, -0.2) is 31.1 Å². The number of rotatable bonds is 5. The summed E-state index contributed by atoms with van der Waals surface area (Å²) in [6, 6.07) is 6.97. The highest BCUT2D eigenvalue weighted by molar-refractivity contribution is 5.46. The summed E-state index contributed by atoms with van der Waals surface area (Å²) in [6.07, 6.45) is 0. The molecule has 0 aliphatic rings. The van der Waals surface area contributed by atoms with E-state index in [1.807, 2.05) is 19.6 Å². The monoisotopic (exact) mass is 223 g/mol. The first kappa shape index (κ1) is 12.8. The van der Waals surface area contributed by atoms with E-state index in [1.54, 1.807) is 24.3 Å². The van der Waals surface area contributed by atoms with Gasteiger partial charge in [-0.15, -0.1) is 0 Å². The molecule has 0 aliphatic heterocycles. The van der Waals surface area contributed by atoms with Crippen molar-refractivity contribution in [1.82, 2.24) is 4.90 Å². The number of hydrogen-bond acceptors (Lipinski definition) is 4. The molecule has 4 heteroatoms. The zero-order valence-electron chi connectivity index (χ0n) is 10.3. The number of likely N-dealkylation sites (N-methyl/N-ethyl adjacent to an activating group) is 1. The topological polar surface area (TPSA) is 47.6 Å². The van der Waals surface area contributed by atoms with E-state index in [4.69, 9.17) is 4.74 Å². The Kier molecular flexibility index (Phi) is 4.15. The Labute approximate surface area is 96.8 Å². The van der Waals surface area contributed by atoms with Gasteiger partial charge in [-0.25, -0.2) is 0 Å². The maximum Gasteiger partial charge on any atom is 0.119 e. The summed E-state index contributed by atoms with van der Waals surface area (Å²) >= 11 is 0. The fourth-order valence-corrected chi connectivity index (χ4v) is 1.01. The van der Waals surface area contributed by atoms with Crippen LogP contribution in [0, 0.1) is 5.21 Å². The summed E-state index contributed by atoms with van der Waals surface area (Å²) in [5.74, 6) is 0.772. The molecule has 0 saturated heterocycles. The van der Waals surface area contributed by atoms with Crippen molar-refractivity contribution in [3.63, 3.8) is 0 Å². The van der Waals surface area contributed by atoms with Crippen LogP contribution in [0.15, 0.2) is 24.3 Å². The summed E-state index contributed by atoms with van der Waals surface area (Å²) in [7, 11) is 4.04. The first-order chi connectivity index (χ1) is 7.45. The SMILES string of the molecule is CN(C)C(C)(C)COc1ccc(N[O-])cc1. The first-order valence-corrected chi connectivity index (χ1v) is 5.24. The molecule has 90 valence electrons. The number of ether oxygens (including phenoxy) is 1. The van der Waals surface area contributed by atoms with Gasteiger partial charge in [0.25, 0.3) is 0 Å². The van der Waals surface area contributed by atoms with Crippen LogP contribution >= 0.6 is 0 Å². The van der Waals surface area contributed by atoms with Gasteiger partial charge >= 0.3 is 0 Å². The van der Waals surface area contributed by atoms with Crippen LogP contribution in [0.5, 0.6) is 5.75 Å². The van der Waals surface area contributed by atoms with Gasteiger partial charge < -0.3 is 20.3 Å². The summed E-state index contributed by atoms with van der Waals surface area (Å²) in [6.45, 7) is 4.82. The second-order valence-corrected chi connectivity index (χ2v) is 4.62. The van der Waals surface area contributed by atoms with Crippen molar-refractivity contribution in [3.05, 3.63) is 29.5 Å². The molecule has 0 amide bonds. The summed E-state index contributed by atoms with van der Waals surface area (Å²) < 4.78 is 5.66. The Morgan fingerprint density at radius 2 is 1.81 bits per heavy atom. The van der Waals surface area contributed by atoms with Crippen LogP contribution < -0.4 is 10.2 Å². The van der Waals surface area contributed by atoms with Gasteiger partial charge in [0.1, 0.15) is 12.4 Å². The zero-order valence-corrected chi connectivity index (χ0v) is 10.3. The largest absolute Gasteiger partial charge is 0.761 e. The lowest BCUT2D eigenvalue weighted by Gasteiger charge is -2.32. The number of anilines is 1. The molecule has 0 aliphatic carbocycles. The molecule has 0 heterocycles. The van der Waals surface area contributed by atoms with E-state index in [0.717, 1.165) is 5.75 Å². The van der Waals surface area contributed by atoms with Crippen LogP contribution in [-0.2, 0) is 0 Å². The summed E-state index contributed by atoms with van der Waals surface area (Å²) in [4.78, 5) is 2.11. The Morgan fingerprint density at radius 3 is 2.25 bits per heavy atom. The second kappa shape index (κ2) is 5.18. The van der Waals surface area contributed by atoms with Crippen molar-refractivity contribution >= 4 is 5.69 Å². The Bertz CT molecular complexity index is 320.